The summed E-state index contributed by atoms with van der Waals surface area (Å²) in [6.07, 6.45) is 1.32. The lowest BCUT2D eigenvalue weighted by Gasteiger charge is -2.26. The van der Waals surface area contributed by atoms with Crippen LogP contribution in [0, 0.1) is 6.92 Å². The smallest absolute Gasteiger partial charge is 0.263 e. The Bertz CT molecular complexity index is 1200. The second-order valence-corrected chi connectivity index (χ2v) is 9.07. The van der Waals surface area contributed by atoms with Gasteiger partial charge in [-0.15, -0.1) is 0 Å². The van der Waals surface area contributed by atoms with Crippen LogP contribution in [0.15, 0.2) is 47.6 Å². The quantitative estimate of drug-likeness (QED) is 0.549. The van der Waals surface area contributed by atoms with Crippen molar-refractivity contribution in [1.82, 2.24) is 14.9 Å². The lowest BCUT2D eigenvalue weighted by Crippen LogP contribution is -2.38. The molecule has 10 heteroatoms. The number of ether oxygens (including phenoxy) is 3. The van der Waals surface area contributed by atoms with E-state index in [2.05, 4.69) is 19.6 Å². The molecule has 1 N–H and O–H groups in total. The molecule has 0 saturated carbocycles. The number of morpholine rings is 1. The summed E-state index contributed by atoms with van der Waals surface area (Å²) in [5.74, 6) is 1.20. The van der Waals surface area contributed by atoms with E-state index in [1.54, 1.807) is 43.3 Å². The largest absolute Gasteiger partial charge is 0.493 e. The fourth-order valence-corrected chi connectivity index (χ4v) is 4.84. The predicted molar refractivity (Wildman–Crippen MR) is 121 cm³/mol. The molecule has 0 spiro atoms. The molecule has 0 unspecified atom stereocenters. The number of nitrogens with one attached hydrogen (secondary N) is 1. The number of hydrogen-bond donors (Lipinski definition) is 1. The van der Waals surface area contributed by atoms with E-state index in [1.807, 2.05) is 0 Å². The van der Waals surface area contributed by atoms with Gasteiger partial charge in [-0.2, -0.15) is 0 Å². The molecule has 1 fully saturated rings. The van der Waals surface area contributed by atoms with Crippen molar-refractivity contribution >= 4 is 26.7 Å². The molecule has 1 aliphatic heterocycles. The summed E-state index contributed by atoms with van der Waals surface area (Å²) in [5, 5.41) is 0.516. The summed E-state index contributed by atoms with van der Waals surface area (Å²) in [6, 6.07) is 10.2. The summed E-state index contributed by atoms with van der Waals surface area (Å²) in [4.78, 5) is 10.9. The lowest BCUT2D eigenvalue weighted by atomic mass is 10.2. The molecular weight excluding hydrogens is 432 g/mol. The molecule has 0 radical (unpaired) electrons. The number of sulfonamides is 1. The van der Waals surface area contributed by atoms with Gasteiger partial charge in [0.2, 0.25) is 0 Å². The molecule has 2 heterocycles. The topological polar surface area (TPSA) is 103 Å². The van der Waals surface area contributed by atoms with Gasteiger partial charge in [0.05, 0.1) is 30.7 Å². The third-order valence-electron chi connectivity index (χ3n) is 5.30. The second-order valence-electron chi connectivity index (χ2n) is 7.42. The van der Waals surface area contributed by atoms with Gasteiger partial charge in [0.1, 0.15) is 12.9 Å². The Hall–Kier alpha value is -2.95. The zero-order chi connectivity index (χ0) is 22.6. The molecule has 4 rings (SSSR count). The standard InChI is InChI=1S/C22H26N4O5S/c1-16-5-3-4-6-21(16)32(27,28)25-22-17-13-19(29-2)20(14-18(17)23-15-24-22)31-12-9-26-7-10-30-11-8-26/h3-6,13-15H,7-12H2,1-2H3,(H,23,24,25). The zero-order valence-corrected chi connectivity index (χ0v) is 18.9. The fourth-order valence-electron chi connectivity index (χ4n) is 3.57. The van der Waals surface area contributed by atoms with E-state index >= 15 is 0 Å². The number of fused-ring (bicyclic) bond motifs is 1. The van der Waals surface area contributed by atoms with Crippen LogP contribution < -0.4 is 14.2 Å². The van der Waals surface area contributed by atoms with E-state index in [-0.39, 0.29) is 10.7 Å². The van der Waals surface area contributed by atoms with Gasteiger partial charge >= 0.3 is 0 Å². The Morgan fingerprint density at radius 1 is 1.12 bits per heavy atom. The Kier molecular flexibility index (Phi) is 6.73. The summed E-state index contributed by atoms with van der Waals surface area (Å²) in [5.41, 5.74) is 1.19. The minimum Gasteiger partial charge on any atom is -0.493 e. The van der Waals surface area contributed by atoms with Gasteiger partial charge in [-0.1, -0.05) is 18.2 Å². The maximum Gasteiger partial charge on any atom is 0.263 e. The monoisotopic (exact) mass is 458 g/mol. The molecule has 1 aliphatic rings. The molecule has 170 valence electrons. The molecule has 1 saturated heterocycles. The van der Waals surface area contributed by atoms with Crippen molar-refractivity contribution in [2.45, 2.75) is 11.8 Å². The van der Waals surface area contributed by atoms with E-state index in [0.29, 0.717) is 34.6 Å². The van der Waals surface area contributed by atoms with Crippen LogP contribution in [0.5, 0.6) is 11.5 Å². The average Bonchev–Trinajstić information content (AvgIpc) is 2.79. The van der Waals surface area contributed by atoms with Gasteiger partial charge in [-0.05, 0) is 24.6 Å². The van der Waals surface area contributed by atoms with Gasteiger partial charge in [-0.25, -0.2) is 18.4 Å². The van der Waals surface area contributed by atoms with Crippen molar-refractivity contribution in [1.29, 1.82) is 0 Å². The Balaban J connectivity index is 1.58. The molecule has 9 nitrogen and oxygen atoms in total. The minimum atomic E-state index is -3.82. The van der Waals surface area contributed by atoms with Crippen molar-refractivity contribution in [3.8, 4) is 11.5 Å². The average molecular weight is 459 g/mol. The van der Waals surface area contributed by atoms with E-state index in [4.69, 9.17) is 14.2 Å². The van der Waals surface area contributed by atoms with E-state index < -0.39 is 10.0 Å². The van der Waals surface area contributed by atoms with Crippen LogP contribution in [-0.4, -0.2) is 69.9 Å². The third-order valence-corrected chi connectivity index (χ3v) is 6.80. The molecule has 0 aliphatic carbocycles. The number of aryl methyl sites for hydroxylation is 1. The fraction of sp³-hybridized carbons (Fsp3) is 0.364. The van der Waals surface area contributed by atoms with Crippen molar-refractivity contribution in [3.05, 3.63) is 48.3 Å². The van der Waals surface area contributed by atoms with Crippen LogP contribution in [0.2, 0.25) is 0 Å². The lowest BCUT2D eigenvalue weighted by molar-refractivity contribution is 0.0321. The Morgan fingerprint density at radius 2 is 1.91 bits per heavy atom. The van der Waals surface area contributed by atoms with E-state index in [1.165, 1.54) is 13.4 Å². The summed E-state index contributed by atoms with van der Waals surface area (Å²) in [6.45, 7) is 6.24. The van der Waals surface area contributed by atoms with Crippen molar-refractivity contribution in [3.63, 3.8) is 0 Å². The van der Waals surface area contributed by atoms with Crippen LogP contribution in [0.4, 0.5) is 5.82 Å². The number of nitrogens with zero attached hydrogens (tertiary/aromatic N) is 3. The number of anilines is 1. The van der Waals surface area contributed by atoms with Crippen LogP contribution in [0.1, 0.15) is 5.56 Å². The van der Waals surface area contributed by atoms with Gasteiger partial charge in [-0.3, -0.25) is 9.62 Å². The minimum absolute atomic E-state index is 0.177. The van der Waals surface area contributed by atoms with Crippen molar-refractivity contribution < 1.29 is 22.6 Å². The van der Waals surface area contributed by atoms with Gasteiger partial charge < -0.3 is 14.2 Å². The van der Waals surface area contributed by atoms with Crippen LogP contribution in [0.25, 0.3) is 10.9 Å². The predicted octanol–water partition coefficient (Wildman–Crippen LogP) is 2.46. The zero-order valence-electron chi connectivity index (χ0n) is 18.1. The van der Waals surface area contributed by atoms with Gasteiger partial charge in [0.25, 0.3) is 10.0 Å². The number of aromatic nitrogens is 2. The molecule has 0 amide bonds. The maximum atomic E-state index is 12.9. The van der Waals surface area contributed by atoms with Crippen LogP contribution in [0.3, 0.4) is 0 Å². The van der Waals surface area contributed by atoms with Gasteiger partial charge in [0.15, 0.2) is 17.3 Å². The summed E-state index contributed by atoms with van der Waals surface area (Å²) >= 11 is 0. The summed E-state index contributed by atoms with van der Waals surface area (Å²) in [7, 11) is -2.28. The molecule has 0 atom stereocenters. The highest BCUT2D eigenvalue weighted by atomic mass is 32.2. The highest BCUT2D eigenvalue weighted by Gasteiger charge is 2.20. The highest BCUT2D eigenvalue weighted by Crippen LogP contribution is 2.34. The number of hydrogen-bond acceptors (Lipinski definition) is 8. The van der Waals surface area contributed by atoms with E-state index in [0.717, 1.165) is 32.8 Å². The third kappa shape index (κ3) is 4.93. The number of benzene rings is 2. The molecule has 0 bridgehead atoms. The van der Waals surface area contributed by atoms with Crippen molar-refractivity contribution in [2.24, 2.45) is 0 Å². The Morgan fingerprint density at radius 3 is 2.66 bits per heavy atom. The number of methoxy groups -OCH3 is 1. The SMILES string of the molecule is COc1cc2c(NS(=O)(=O)c3ccccc3C)ncnc2cc1OCCN1CCOCC1. The molecular formula is C22H26N4O5S. The highest BCUT2D eigenvalue weighted by molar-refractivity contribution is 7.92. The molecule has 3 aromatic rings. The summed E-state index contributed by atoms with van der Waals surface area (Å²) < 4.78 is 45.3. The first-order valence-corrected chi connectivity index (χ1v) is 11.8. The molecule has 2 aromatic carbocycles. The normalized spacial score (nSPS) is 14.9. The van der Waals surface area contributed by atoms with Gasteiger partial charge in [0, 0.05) is 31.1 Å². The Labute approximate surface area is 187 Å². The second kappa shape index (κ2) is 9.68. The first kappa shape index (κ1) is 22.3. The molecule has 1 aromatic heterocycles. The van der Waals surface area contributed by atoms with Crippen LogP contribution >= 0.6 is 0 Å². The maximum absolute atomic E-state index is 12.9. The first-order valence-electron chi connectivity index (χ1n) is 10.3. The number of rotatable bonds is 8. The van der Waals surface area contributed by atoms with E-state index in [9.17, 15) is 8.42 Å². The van der Waals surface area contributed by atoms with Crippen LogP contribution in [-0.2, 0) is 14.8 Å². The molecule has 32 heavy (non-hydrogen) atoms. The first-order chi connectivity index (χ1) is 15.5. The van der Waals surface area contributed by atoms with Crippen molar-refractivity contribution in [2.75, 3.05) is 51.3 Å².